The van der Waals surface area contributed by atoms with Crippen LogP contribution in [0.2, 0.25) is 0 Å². The number of rotatable bonds is 5. The fraction of sp³-hybridized carbons (Fsp3) is 0.417. The van der Waals surface area contributed by atoms with Crippen LogP contribution in [0.15, 0.2) is 35.3 Å². The second-order valence-electron chi connectivity index (χ2n) is 8.86. The Bertz CT molecular complexity index is 1250. The number of aromatic amines is 1. The molecule has 172 valence electrons. The molecule has 9 heteroatoms. The van der Waals surface area contributed by atoms with Gasteiger partial charge >= 0.3 is 0 Å². The first kappa shape index (κ1) is 21.5. The monoisotopic (exact) mass is 450 g/mol. The fourth-order valence-electron chi connectivity index (χ4n) is 4.31. The van der Waals surface area contributed by atoms with Crippen molar-refractivity contribution in [1.82, 2.24) is 25.2 Å². The SMILES string of the molecule is Cc1nc2ccc([C@@H](C)N3CCN(c4ccc(C(=O)NC5CC5)nc4)CC3)c(F)c2[nH]c1=O. The Labute approximate surface area is 190 Å². The van der Waals surface area contributed by atoms with E-state index in [1.807, 2.05) is 13.0 Å². The summed E-state index contributed by atoms with van der Waals surface area (Å²) in [4.78, 5) is 39.7. The van der Waals surface area contributed by atoms with Crippen molar-refractivity contribution >= 4 is 22.6 Å². The second kappa shape index (κ2) is 8.55. The highest BCUT2D eigenvalue weighted by Gasteiger charge is 2.26. The van der Waals surface area contributed by atoms with Crippen LogP contribution in [0.3, 0.4) is 0 Å². The van der Waals surface area contributed by atoms with Crippen LogP contribution < -0.4 is 15.8 Å². The highest BCUT2D eigenvalue weighted by Crippen LogP contribution is 2.28. The zero-order chi connectivity index (χ0) is 23.1. The van der Waals surface area contributed by atoms with Gasteiger partial charge in [-0.25, -0.2) is 14.4 Å². The number of anilines is 1. The summed E-state index contributed by atoms with van der Waals surface area (Å²) in [5.74, 6) is -0.539. The zero-order valence-corrected chi connectivity index (χ0v) is 18.8. The Morgan fingerprint density at radius 1 is 1.18 bits per heavy atom. The van der Waals surface area contributed by atoms with Crippen molar-refractivity contribution in [2.75, 3.05) is 31.1 Å². The molecule has 0 radical (unpaired) electrons. The van der Waals surface area contributed by atoms with Crippen LogP contribution in [0.1, 0.15) is 47.6 Å². The molecule has 1 amide bonds. The van der Waals surface area contributed by atoms with Crippen LogP contribution in [0.5, 0.6) is 0 Å². The highest BCUT2D eigenvalue weighted by atomic mass is 19.1. The number of benzene rings is 1. The third-order valence-electron chi connectivity index (χ3n) is 6.58. The van der Waals surface area contributed by atoms with Crippen molar-refractivity contribution in [3.63, 3.8) is 0 Å². The van der Waals surface area contributed by atoms with Gasteiger partial charge < -0.3 is 15.2 Å². The minimum Gasteiger partial charge on any atom is -0.368 e. The Hall–Kier alpha value is -3.33. The van der Waals surface area contributed by atoms with E-state index in [9.17, 15) is 9.59 Å². The first-order chi connectivity index (χ1) is 15.9. The molecule has 3 heterocycles. The molecule has 3 aromatic rings. The van der Waals surface area contributed by atoms with E-state index in [0.29, 0.717) is 28.5 Å². The number of aromatic nitrogens is 3. The summed E-state index contributed by atoms with van der Waals surface area (Å²) in [6, 6.07) is 7.38. The summed E-state index contributed by atoms with van der Waals surface area (Å²) in [6.07, 6.45) is 3.84. The summed E-state index contributed by atoms with van der Waals surface area (Å²) < 4.78 is 15.2. The maximum Gasteiger partial charge on any atom is 0.270 e. The maximum atomic E-state index is 15.2. The van der Waals surface area contributed by atoms with Crippen molar-refractivity contribution in [2.24, 2.45) is 0 Å². The third-order valence-corrected chi connectivity index (χ3v) is 6.58. The van der Waals surface area contributed by atoms with Gasteiger partial charge in [-0.3, -0.25) is 14.5 Å². The van der Waals surface area contributed by atoms with Crippen LogP contribution in [0.25, 0.3) is 11.0 Å². The van der Waals surface area contributed by atoms with Crippen molar-refractivity contribution < 1.29 is 9.18 Å². The zero-order valence-electron chi connectivity index (χ0n) is 18.8. The summed E-state index contributed by atoms with van der Waals surface area (Å²) in [5.41, 5.74) is 2.52. The molecule has 2 aliphatic rings. The van der Waals surface area contributed by atoms with Crippen molar-refractivity contribution in [2.45, 2.75) is 38.8 Å². The normalized spacial score (nSPS) is 17.8. The minimum absolute atomic E-state index is 0.119. The third kappa shape index (κ3) is 4.32. The van der Waals surface area contributed by atoms with Crippen molar-refractivity contribution in [3.05, 3.63) is 63.6 Å². The van der Waals surface area contributed by atoms with Crippen LogP contribution in [0.4, 0.5) is 10.1 Å². The number of halogens is 1. The molecule has 0 unspecified atom stereocenters. The molecular formula is C24H27FN6O2. The Balaban J connectivity index is 1.25. The Kier molecular flexibility index (Phi) is 5.57. The molecule has 2 aromatic heterocycles. The molecule has 1 aliphatic carbocycles. The van der Waals surface area contributed by atoms with E-state index in [1.54, 1.807) is 31.3 Å². The largest absolute Gasteiger partial charge is 0.368 e. The predicted octanol–water partition coefficient (Wildman–Crippen LogP) is 2.54. The van der Waals surface area contributed by atoms with Gasteiger partial charge in [0.05, 0.1) is 17.4 Å². The number of carbonyl (C=O) groups excluding carboxylic acids is 1. The molecule has 2 fully saturated rings. The number of amides is 1. The molecule has 5 rings (SSSR count). The van der Waals surface area contributed by atoms with E-state index < -0.39 is 5.82 Å². The summed E-state index contributed by atoms with van der Waals surface area (Å²) in [7, 11) is 0. The molecule has 0 bridgehead atoms. The summed E-state index contributed by atoms with van der Waals surface area (Å²) in [6.45, 7) is 6.64. The number of carbonyl (C=O) groups is 1. The van der Waals surface area contributed by atoms with E-state index in [1.165, 1.54) is 0 Å². The number of nitrogens with zero attached hydrogens (tertiary/aromatic N) is 4. The van der Waals surface area contributed by atoms with Gasteiger partial charge in [-0.2, -0.15) is 0 Å². The van der Waals surface area contributed by atoms with Gasteiger partial charge in [0, 0.05) is 43.8 Å². The number of H-pyrrole nitrogens is 1. The van der Waals surface area contributed by atoms with Gasteiger partial charge in [0.25, 0.3) is 11.5 Å². The first-order valence-corrected chi connectivity index (χ1v) is 11.4. The average molecular weight is 451 g/mol. The highest BCUT2D eigenvalue weighted by molar-refractivity contribution is 5.92. The van der Waals surface area contributed by atoms with Crippen molar-refractivity contribution in [3.8, 4) is 0 Å². The average Bonchev–Trinajstić information content (AvgIpc) is 3.64. The van der Waals surface area contributed by atoms with Gasteiger partial charge in [0.1, 0.15) is 16.9 Å². The smallest absolute Gasteiger partial charge is 0.270 e. The van der Waals surface area contributed by atoms with Crippen LogP contribution in [-0.2, 0) is 0 Å². The molecule has 2 N–H and O–H groups in total. The number of aryl methyl sites for hydroxylation is 1. The molecule has 1 aromatic carbocycles. The van der Waals surface area contributed by atoms with Crippen LogP contribution in [-0.4, -0.2) is 58.0 Å². The van der Waals surface area contributed by atoms with E-state index >= 15 is 4.39 Å². The van der Waals surface area contributed by atoms with E-state index in [-0.39, 0.29) is 23.0 Å². The number of fused-ring (bicyclic) bond motifs is 1. The molecule has 1 saturated carbocycles. The molecule has 33 heavy (non-hydrogen) atoms. The maximum absolute atomic E-state index is 15.2. The molecular weight excluding hydrogens is 423 g/mol. The number of nitrogens with one attached hydrogen (secondary N) is 2. The Morgan fingerprint density at radius 3 is 2.61 bits per heavy atom. The van der Waals surface area contributed by atoms with Gasteiger partial charge in [0.2, 0.25) is 0 Å². The Morgan fingerprint density at radius 2 is 1.94 bits per heavy atom. The standard InChI is InChI=1S/C24H27FN6O2/c1-14-23(32)29-22-19(27-14)8-6-18(21(22)25)15(2)30-9-11-31(12-10-30)17-5-7-20(26-13-17)24(33)28-16-3-4-16/h5-8,13,15-16H,3-4,9-12H2,1-2H3,(H,28,33)(H,29,32)/t15-/m1/s1. The van der Waals surface area contributed by atoms with Crippen LogP contribution >= 0.6 is 0 Å². The van der Waals surface area contributed by atoms with E-state index in [2.05, 4.69) is 30.1 Å². The van der Waals surface area contributed by atoms with Gasteiger partial charge in [-0.15, -0.1) is 0 Å². The fourth-order valence-corrected chi connectivity index (χ4v) is 4.31. The van der Waals surface area contributed by atoms with Crippen molar-refractivity contribution in [1.29, 1.82) is 0 Å². The molecule has 8 nitrogen and oxygen atoms in total. The summed E-state index contributed by atoms with van der Waals surface area (Å²) in [5, 5.41) is 2.95. The van der Waals surface area contributed by atoms with E-state index in [0.717, 1.165) is 44.7 Å². The predicted molar refractivity (Wildman–Crippen MR) is 124 cm³/mol. The minimum atomic E-state index is -0.420. The van der Waals surface area contributed by atoms with Gasteiger partial charge in [-0.05, 0) is 44.9 Å². The number of hydrogen-bond acceptors (Lipinski definition) is 6. The van der Waals surface area contributed by atoms with Gasteiger partial charge in [-0.1, -0.05) is 6.07 Å². The topological polar surface area (TPSA) is 94.2 Å². The van der Waals surface area contributed by atoms with Crippen LogP contribution in [0, 0.1) is 12.7 Å². The quantitative estimate of drug-likeness (QED) is 0.621. The molecule has 0 spiro atoms. The number of hydrogen-bond donors (Lipinski definition) is 2. The number of piperazine rings is 1. The number of pyridine rings is 1. The second-order valence-corrected chi connectivity index (χ2v) is 8.86. The first-order valence-electron chi connectivity index (χ1n) is 11.4. The molecule has 1 aliphatic heterocycles. The lowest BCUT2D eigenvalue weighted by atomic mass is 10.0. The lowest BCUT2D eigenvalue weighted by Crippen LogP contribution is -2.47. The van der Waals surface area contributed by atoms with Gasteiger partial charge in [0.15, 0.2) is 5.82 Å². The summed E-state index contributed by atoms with van der Waals surface area (Å²) >= 11 is 0. The molecule has 1 atom stereocenters. The lowest BCUT2D eigenvalue weighted by molar-refractivity contribution is 0.0946. The van der Waals surface area contributed by atoms with E-state index in [4.69, 9.17) is 0 Å². The lowest BCUT2D eigenvalue weighted by Gasteiger charge is -2.39. The molecule has 1 saturated heterocycles.